The van der Waals surface area contributed by atoms with Crippen LogP contribution in [0.5, 0.6) is 5.75 Å². The van der Waals surface area contributed by atoms with E-state index in [-0.39, 0.29) is 24.2 Å². The number of fused-ring (bicyclic) bond motifs is 1. The maximum Gasteiger partial charge on any atom is 0.273 e. The minimum absolute atomic E-state index is 0.0622. The minimum atomic E-state index is -0.498. The fourth-order valence-electron chi connectivity index (χ4n) is 1.87. The van der Waals surface area contributed by atoms with Gasteiger partial charge in [-0.05, 0) is 12.5 Å². The Hall–Kier alpha value is -2.15. The maximum atomic E-state index is 11.8. The van der Waals surface area contributed by atoms with Crippen LogP contribution in [0.2, 0.25) is 0 Å². The van der Waals surface area contributed by atoms with Gasteiger partial charge in [-0.15, -0.1) is 0 Å². The monoisotopic (exact) mass is 265 g/mol. The van der Waals surface area contributed by atoms with Gasteiger partial charge in [-0.3, -0.25) is 14.9 Å². The molecule has 1 atom stereocenters. The molecule has 0 saturated carbocycles. The van der Waals surface area contributed by atoms with Crippen LogP contribution in [0.3, 0.4) is 0 Å². The lowest BCUT2D eigenvalue weighted by Crippen LogP contribution is -2.45. The quantitative estimate of drug-likeness (QED) is 0.648. The lowest BCUT2D eigenvalue weighted by atomic mass is 10.1. The molecule has 19 heavy (non-hydrogen) atoms. The number of nitro benzene ring substituents is 1. The van der Waals surface area contributed by atoms with E-state index in [1.165, 1.54) is 23.1 Å². The first kappa shape index (κ1) is 13.3. The molecule has 2 N–H and O–H groups in total. The number of anilines is 1. The van der Waals surface area contributed by atoms with Crippen molar-refractivity contribution in [3.8, 4) is 5.75 Å². The molecule has 1 aromatic rings. The highest BCUT2D eigenvalue weighted by molar-refractivity contribution is 5.98. The molecule has 0 spiro atoms. The van der Waals surface area contributed by atoms with Gasteiger partial charge in [-0.1, -0.05) is 6.92 Å². The molecular weight excluding hydrogens is 250 g/mol. The van der Waals surface area contributed by atoms with Crippen molar-refractivity contribution in [3.63, 3.8) is 0 Å². The summed E-state index contributed by atoms with van der Waals surface area (Å²) in [6, 6.07) is 4.06. The van der Waals surface area contributed by atoms with Crippen LogP contribution in [0.15, 0.2) is 18.2 Å². The van der Waals surface area contributed by atoms with Gasteiger partial charge in [0.1, 0.15) is 0 Å². The average Bonchev–Trinajstić information content (AvgIpc) is 2.41. The molecular formula is C12H15N3O4. The molecule has 0 saturated heterocycles. The maximum absolute atomic E-state index is 11.8. The van der Waals surface area contributed by atoms with E-state index in [4.69, 9.17) is 10.5 Å². The molecule has 102 valence electrons. The van der Waals surface area contributed by atoms with Gasteiger partial charge in [-0.2, -0.15) is 0 Å². The SMILES string of the molecule is CCC(N)CN1C(=O)COc2cc([N+](=O)[O-])ccc21. The number of non-ortho nitro benzene ring substituents is 1. The van der Waals surface area contributed by atoms with Gasteiger partial charge in [0, 0.05) is 18.7 Å². The number of nitro groups is 1. The van der Waals surface area contributed by atoms with E-state index >= 15 is 0 Å². The predicted octanol–water partition coefficient (Wildman–Crippen LogP) is 1.06. The number of hydrogen-bond donors (Lipinski definition) is 1. The van der Waals surface area contributed by atoms with Gasteiger partial charge < -0.3 is 15.4 Å². The Morgan fingerprint density at radius 1 is 1.58 bits per heavy atom. The van der Waals surface area contributed by atoms with E-state index in [1.807, 2.05) is 6.92 Å². The van der Waals surface area contributed by atoms with Gasteiger partial charge >= 0.3 is 0 Å². The molecule has 7 heteroatoms. The number of rotatable bonds is 4. The highest BCUT2D eigenvalue weighted by atomic mass is 16.6. The summed E-state index contributed by atoms with van der Waals surface area (Å²) < 4.78 is 5.24. The van der Waals surface area contributed by atoms with Crippen molar-refractivity contribution in [1.82, 2.24) is 0 Å². The summed E-state index contributed by atoms with van der Waals surface area (Å²) in [5.41, 5.74) is 6.33. The summed E-state index contributed by atoms with van der Waals surface area (Å²) in [6.07, 6.45) is 0.743. The molecule has 0 fully saturated rings. The minimum Gasteiger partial charge on any atom is -0.481 e. The van der Waals surface area contributed by atoms with Crippen molar-refractivity contribution < 1.29 is 14.5 Å². The third-order valence-corrected chi connectivity index (χ3v) is 3.04. The number of amides is 1. The fourth-order valence-corrected chi connectivity index (χ4v) is 1.87. The fraction of sp³-hybridized carbons (Fsp3) is 0.417. The number of hydrogen-bond acceptors (Lipinski definition) is 5. The second-order valence-corrected chi connectivity index (χ2v) is 4.37. The molecule has 1 unspecified atom stereocenters. The Balaban J connectivity index is 2.33. The standard InChI is InChI=1S/C12H15N3O4/c1-2-8(13)6-14-10-4-3-9(15(17)18)5-11(10)19-7-12(14)16/h3-5,8H,2,6-7,13H2,1H3. The Bertz CT molecular complexity index is 518. The van der Waals surface area contributed by atoms with Crippen molar-refractivity contribution in [2.75, 3.05) is 18.1 Å². The average molecular weight is 265 g/mol. The van der Waals surface area contributed by atoms with Crippen LogP contribution >= 0.6 is 0 Å². The van der Waals surface area contributed by atoms with E-state index in [1.54, 1.807) is 0 Å². The van der Waals surface area contributed by atoms with Crippen molar-refractivity contribution >= 4 is 17.3 Å². The Morgan fingerprint density at radius 3 is 2.95 bits per heavy atom. The number of carbonyl (C=O) groups is 1. The molecule has 1 aliphatic rings. The zero-order valence-electron chi connectivity index (χ0n) is 10.5. The molecule has 7 nitrogen and oxygen atoms in total. The summed E-state index contributed by atoms with van der Waals surface area (Å²) >= 11 is 0. The third kappa shape index (κ3) is 2.65. The van der Waals surface area contributed by atoms with Gasteiger partial charge in [0.25, 0.3) is 11.6 Å². The van der Waals surface area contributed by atoms with Gasteiger partial charge in [0.05, 0.1) is 16.7 Å². The van der Waals surface area contributed by atoms with E-state index in [0.717, 1.165) is 6.42 Å². The number of nitrogens with two attached hydrogens (primary N) is 1. The summed E-state index contributed by atoms with van der Waals surface area (Å²) in [5.74, 6) is 0.155. The molecule has 1 aromatic carbocycles. The molecule has 1 amide bonds. The van der Waals surface area contributed by atoms with Gasteiger partial charge in [-0.25, -0.2) is 0 Å². The van der Waals surface area contributed by atoms with Crippen LogP contribution in [0.4, 0.5) is 11.4 Å². The summed E-state index contributed by atoms with van der Waals surface area (Å²) in [6.45, 7) is 2.19. The van der Waals surface area contributed by atoms with Crippen LogP contribution in [0, 0.1) is 10.1 Å². The zero-order valence-corrected chi connectivity index (χ0v) is 10.5. The Kier molecular flexibility index (Phi) is 3.66. The second kappa shape index (κ2) is 5.23. The normalized spacial score (nSPS) is 15.7. The first-order chi connectivity index (χ1) is 9.02. The summed E-state index contributed by atoms with van der Waals surface area (Å²) in [5, 5.41) is 10.7. The van der Waals surface area contributed by atoms with Crippen molar-refractivity contribution in [3.05, 3.63) is 28.3 Å². The number of ether oxygens (including phenoxy) is 1. The van der Waals surface area contributed by atoms with E-state index in [2.05, 4.69) is 0 Å². The Labute approximate surface area is 110 Å². The van der Waals surface area contributed by atoms with E-state index in [0.29, 0.717) is 18.0 Å². The molecule has 2 rings (SSSR count). The molecule has 0 radical (unpaired) electrons. The molecule has 1 heterocycles. The zero-order chi connectivity index (χ0) is 14.0. The van der Waals surface area contributed by atoms with E-state index < -0.39 is 4.92 Å². The smallest absolute Gasteiger partial charge is 0.273 e. The van der Waals surface area contributed by atoms with Crippen LogP contribution in [0.25, 0.3) is 0 Å². The van der Waals surface area contributed by atoms with Crippen LogP contribution < -0.4 is 15.4 Å². The first-order valence-electron chi connectivity index (χ1n) is 6.00. The third-order valence-electron chi connectivity index (χ3n) is 3.04. The van der Waals surface area contributed by atoms with Crippen LogP contribution in [-0.4, -0.2) is 30.0 Å². The molecule has 1 aliphatic heterocycles. The topological polar surface area (TPSA) is 98.7 Å². The Morgan fingerprint density at radius 2 is 2.32 bits per heavy atom. The van der Waals surface area contributed by atoms with Crippen LogP contribution in [-0.2, 0) is 4.79 Å². The van der Waals surface area contributed by atoms with Crippen molar-refractivity contribution in [1.29, 1.82) is 0 Å². The summed E-state index contributed by atoms with van der Waals surface area (Å²) in [7, 11) is 0. The first-order valence-corrected chi connectivity index (χ1v) is 6.00. The lowest BCUT2D eigenvalue weighted by Gasteiger charge is -2.30. The number of nitrogens with zero attached hydrogens (tertiary/aromatic N) is 2. The van der Waals surface area contributed by atoms with Gasteiger partial charge in [0.2, 0.25) is 0 Å². The number of carbonyl (C=O) groups excluding carboxylic acids is 1. The largest absolute Gasteiger partial charge is 0.481 e. The lowest BCUT2D eigenvalue weighted by molar-refractivity contribution is -0.384. The second-order valence-electron chi connectivity index (χ2n) is 4.37. The van der Waals surface area contributed by atoms with E-state index in [9.17, 15) is 14.9 Å². The molecule has 0 aliphatic carbocycles. The highest BCUT2D eigenvalue weighted by Crippen LogP contribution is 2.35. The summed E-state index contributed by atoms with van der Waals surface area (Å²) in [4.78, 5) is 23.6. The molecule has 0 aromatic heterocycles. The van der Waals surface area contributed by atoms with Gasteiger partial charge in [0.15, 0.2) is 12.4 Å². The van der Waals surface area contributed by atoms with Crippen molar-refractivity contribution in [2.24, 2.45) is 5.73 Å². The highest BCUT2D eigenvalue weighted by Gasteiger charge is 2.28. The molecule has 0 bridgehead atoms. The van der Waals surface area contributed by atoms with Crippen molar-refractivity contribution in [2.45, 2.75) is 19.4 Å². The predicted molar refractivity (Wildman–Crippen MR) is 69.2 cm³/mol. The number of benzene rings is 1. The van der Waals surface area contributed by atoms with Crippen LogP contribution in [0.1, 0.15) is 13.3 Å².